The number of hydrogen-bond acceptors (Lipinski definition) is 0. The van der Waals surface area contributed by atoms with Crippen molar-refractivity contribution < 1.29 is 0 Å². The fourth-order valence-electron chi connectivity index (χ4n) is 12.6. The highest BCUT2D eigenvalue weighted by Crippen LogP contribution is 2.51. The van der Waals surface area contributed by atoms with E-state index in [-0.39, 0.29) is 5.41 Å². The lowest BCUT2D eigenvalue weighted by Gasteiger charge is -2.23. The zero-order valence-electron chi connectivity index (χ0n) is 41.3. The maximum atomic E-state index is 2.50. The number of aromatic nitrogens is 1. The average Bonchev–Trinajstić information content (AvgIpc) is 3.94. The molecule has 0 saturated heterocycles. The van der Waals surface area contributed by atoms with Gasteiger partial charge in [-0.3, -0.25) is 0 Å². The molecular formula is C73H49N. The number of rotatable bonds is 6. The van der Waals surface area contributed by atoms with E-state index in [4.69, 9.17) is 0 Å². The molecule has 1 aromatic heterocycles. The molecule has 0 unspecified atom stereocenters. The van der Waals surface area contributed by atoms with E-state index in [0.717, 1.165) is 0 Å². The van der Waals surface area contributed by atoms with Crippen LogP contribution in [-0.2, 0) is 5.41 Å². The van der Waals surface area contributed by atoms with Crippen molar-refractivity contribution in [2.24, 2.45) is 0 Å². The van der Waals surface area contributed by atoms with Crippen LogP contribution in [0.15, 0.2) is 261 Å². The largest absolute Gasteiger partial charge is 0.309 e. The molecule has 1 aliphatic rings. The van der Waals surface area contributed by atoms with Crippen molar-refractivity contribution in [3.8, 4) is 72.4 Å². The molecule has 0 atom stereocenters. The van der Waals surface area contributed by atoms with E-state index in [1.165, 1.54) is 148 Å². The van der Waals surface area contributed by atoms with Gasteiger partial charge in [-0.1, -0.05) is 226 Å². The van der Waals surface area contributed by atoms with Crippen molar-refractivity contribution in [2.75, 3.05) is 0 Å². The van der Waals surface area contributed by atoms with E-state index in [1.807, 2.05) is 0 Å². The molecule has 0 amide bonds. The van der Waals surface area contributed by atoms with Gasteiger partial charge in [-0.05, 0) is 170 Å². The predicted molar refractivity (Wildman–Crippen MR) is 316 cm³/mol. The van der Waals surface area contributed by atoms with Crippen LogP contribution in [-0.4, -0.2) is 4.57 Å². The molecule has 14 aromatic rings. The van der Waals surface area contributed by atoms with Gasteiger partial charge >= 0.3 is 0 Å². The maximum Gasteiger partial charge on any atom is 0.0541 e. The highest BCUT2D eigenvalue weighted by molar-refractivity contribution is 6.14. The van der Waals surface area contributed by atoms with Crippen molar-refractivity contribution in [2.45, 2.75) is 19.3 Å². The predicted octanol–water partition coefficient (Wildman–Crippen LogP) is 20.0. The first kappa shape index (κ1) is 42.4. The molecule has 1 nitrogen and oxygen atoms in total. The first-order chi connectivity index (χ1) is 36.4. The first-order valence-corrected chi connectivity index (χ1v) is 25.9. The summed E-state index contributed by atoms with van der Waals surface area (Å²) in [5, 5.41) is 12.7. The van der Waals surface area contributed by atoms with Crippen LogP contribution in [0.25, 0.3) is 137 Å². The topological polar surface area (TPSA) is 4.93 Å². The van der Waals surface area contributed by atoms with Crippen LogP contribution in [0.3, 0.4) is 0 Å². The molecule has 0 fully saturated rings. The molecule has 0 aliphatic heterocycles. The van der Waals surface area contributed by atoms with Gasteiger partial charge in [0.2, 0.25) is 0 Å². The Bertz CT molecular complexity index is 4410. The Kier molecular flexibility index (Phi) is 9.37. The number of hydrogen-bond donors (Lipinski definition) is 0. The van der Waals surface area contributed by atoms with E-state index >= 15 is 0 Å². The molecular weight excluding hydrogens is 891 g/mol. The molecule has 1 heterocycles. The molecule has 0 spiro atoms. The van der Waals surface area contributed by atoms with Crippen molar-refractivity contribution >= 4 is 64.9 Å². The van der Waals surface area contributed by atoms with Crippen LogP contribution in [0.2, 0.25) is 0 Å². The Hall–Kier alpha value is -9.30. The lowest BCUT2D eigenvalue weighted by Crippen LogP contribution is -2.15. The first-order valence-electron chi connectivity index (χ1n) is 25.9. The smallest absolute Gasteiger partial charge is 0.0541 e. The minimum absolute atomic E-state index is 0.223. The van der Waals surface area contributed by atoms with Crippen LogP contribution in [0.4, 0.5) is 0 Å². The molecule has 74 heavy (non-hydrogen) atoms. The lowest BCUT2D eigenvalue weighted by atomic mass is 9.81. The van der Waals surface area contributed by atoms with Crippen LogP contribution in [0, 0.1) is 0 Å². The van der Waals surface area contributed by atoms with Crippen molar-refractivity contribution in [1.82, 2.24) is 4.57 Å². The monoisotopic (exact) mass is 939 g/mol. The summed E-state index contributed by atoms with van der Waals surface area (Å²) in [6, 6.07) is 97.3. The highest BCUT2D eigenvalue weighted by Gasteiger charge is 2.36. The summed E-state index contributed by atoms with van der Waals surface area (Å²) in [6.07, 6.45) is 0. The highest BCUT2D eigenvalue weighted by atomic mass is 15.0. The van der Waals surface area contributed by atoms with Gasteiger partial charge in [0.15, 0.2) is 0 Å². The number of benzene rings is 13. The second kappa shape index (κ2) is 16.4. The Morgan fingerprint density at radius 2 is 0.676 bits per heavy atom. The molecule has 346 valence electrons. The second-order valence-corrected chi connectivity index (χ2v) is 20.8. The molecule has 0 radical (unpaired) electrons. The summed E-state index contributed by atoms with van der Waals surface area (Å²) in [4.78, 5) is 0. The van der Waals surface area contributed by atoms with Gasteiger partial charge in [-0.15, -0.1) is 0 Å². The third-order valence-electron chi connectivity index (χ3n) is 16.4. The summed E-state index contributed by atoms with van der Waals surface area (Å²) in [7, 11) is 0. The summed E-state index contributed by atoms with van der Waals surface area (Å²) in [6.45, 7) is 4.82. The Morgan fingerprint density at radius 1 is 0.243 bits per heavy atom. The molecule has 0 bridgehead atoms. The van der Waals surface area contributed by atoms with E-state index in [1.54, 1.807) is 0 Å². The average molecular weight is 940 g/mol. The van der Waals surface area contributed by atoms with E-state index in [2.05, 4.69) is 279 Å². The van der Waals surface area contributed by atoms with Crippen LogP contribution < -0.4 is 0 Å². The maximum absolute atomic E-state index is 2.50. The number of fused-ring (bicyclic) bond motifs is 11. The van der Waals surface area contributed by atoms with Gasteiger partial charge in [0.25, 0.3) is 0 Å². The van der Waals surface area contributed by atoms with E-state index in [9.17, 15) is 0 Å². The summed E-state index contributed by atoms with van der Waals surface area (Å²) >= 11 is 0. The Morgan fingerprint density at radius 3 is 1.26 bits per heavy atom. The minimum atomic E-state index is -0.223. The molecule has 13 aromatic carbocycles. The lowest BCUT2D eigenvalue weighted by molar-refractivity contribution is 0.660. The fraction of sp³-hybridized carbons (Fsp3) is 0.0411. The third kappa shape index (κ3) is 6.56. The second-order valence-electron chi connectivity index (χ2n) is 20.8. The zero-order valence-corrected chi connectivity index (χ0v) is 41.3. The van der Waals surface area contributed by atoms with Gasteiger partial charge in [0.05, 0.1) is 11.0 Å². The van der Waals surface area contributed by atoms with Gasteiger partial charge in [0, 0.05) is 21.9 Å². The van der Waals surface area contributed by atoms with Crippen LogP contribution in [0.5, 0.6) is 0 Å². The van der Waals surface area contributed by atoms with Gasteiger partial charge in [-0.25, -0.2) is 0 Å². The molecule has 0 N–H and O–H groups in total. The summed E-state index contributed by atoms with van der Waals surface area (Å²) < 4.78 is 2.50. The molecule has 1 heteroatoms. The van der Waals surface area contributed by atoms with Gasteiger partial charge in [0.1, 0.15) is 0 Å². The van der Waals surface area contributed by atoms with Crippen molar-refractivity contribution in [3.63, 3.8) is 0 Å². The summed E-state index contributed by atoms with van der Waals surface area (Å²) in [5.74, 6) is 0. The van der Waals surface area contributed by atoms with E-state index in [0.29, 0.717) is 0 Å². The molecule has 0 saturated carbocycles. The fourth-order valence-corrected chi connectivity index (χ4v) is 12.6. The van der Waals surface area contributed by atoms with Gasteiger partial charge in [-0.2, -0.15) is 0 Å². The number of nitrogens with zero attached hydrogens (tertiary/aromatic N) is 1. The SMILES string of the molecule is CC1(C)c2cc(-c3cc4ccccc4c4ccccc34)ccc2-c2ccc(-n3c4ccc(-c5ccc(-c6cccc7ccccc67)cc5)cc4c4cc(-c5ccc(-c6cccc7ccccc67)cc5)ccc43)cc21. The minimum Gasteiger partial charge on any atom is -0.309 e. The van der Waals surface area contributed by atoms with Crippen LogP contribution in [0.1, 0.15) is 25.0 Å². The zero-order chi connectivity index (χ0) is 49.1. The Labute approximate surface area is 430 Å². The third-order valence-corrected chi connectivity index (χ3v) is 16.4. The van der Waals surface area contributed by atoms with E-state index < -0.39 is 0 Å². The Balaban J connectivity index is 0.851. The van der Waals surface area contributed by atoms with Gasteiger partial charge < -0.3 is 4.57 Å². The van der Waals surface area contributed by atoms with Crippen molar-refractivity contribution in [1.29, 1.82) is 0 Å². The molecule has 15 rings (SSSR count). The van der Waals surface area contributed by atoms with Crippen molar-refractivity contribution in [3.05, 3.63) is 272 Å². The van der Waals surface area contributed by atoms with Crippen LogP contribution >= 0.6 is 0 Å². The normalized spacial score (nSPS) is 12.8. The molecule has 1 aliphatic carbocycles. The summed E-state index contributed by atoms with van der Waals surface area (Å²) in [5.41, 5.74) is 21.0. The standard InChI is InChI=1S/C73H49N/c1-73(2)69-44-55(66-43-54-15-5-8-20-61(54)62-21-9-10-22-63(62)66)33-37-64(69)65-38-36-56(45-70(65)73)74-71-39-34-52(46-25-29-50(30-26-46)59-23-11-16-48-13-3-6-18-57(48)59)41-67(71)68-42-53(35-40-72(68)74)47-27-31-51(32-28-47)60-24-12-17-49-14-4-7-19-58(49)60/h3-45H,1-2H3. The quantitative estimate of drug-likeness (QED) is 0.146.